The maximum Gasteiger partial charge on any atom is 0.180 e. The van der Waals surface area contributed by atoms with Crippen molar-refractivity contribution in [3.8, 4) is 17.6 Å². The van der Waals surface area contributed by atoms with Crippen LogP contribution >= 0.6 is 0 Å². The summed E-state index contributed by atoms with van der Waals surface area (Å²) < 4.78 is 10.2. The molecule has 0 spiro atoms. The minimum Gasteiger partial charge on any atom is -0.493 e. The highest BCUT2D eigenvalue weighted by molar-refractivity contribution is 5.99. The molecule has 0 aliphatic rings. The Labute approximate surface area is 107 Å². The van der Waals surface area contributed by atoms with Crippen LogP contribution in [-0.2, 0) is 0 Å². The molecule has 0 saturated carbocycles. The van der Waals surface area contributed by atoms with E-state index in [9.17, 15) is 4.79 Å². The molecule has 4 nitrogen and oxygen atoms in total. The van der Waals surface area contributed by atoms with Crippen LogP contribution in [0, 0.1) is 17.2 Å². The third-order valence-corrected chi connectivity index (χ3v) is 2.72. The average Bonchev–Trinajstić information content (AvgIpc) is 2.43. The van der Waals surface area contributed by atoms with Gasteiger partial charge in [-0.25, -0.2) is 0 Å². The van der Waals surface area contributed by atoms with Gasteiger partial charge in [0.1, 0.15) is 5.92 Å². The molecule has 0 aromatic heterocycles. The van der Waals surface area contributed by atoms with Crippen LogP contribution < -0.4 is 9.47 Å². The van der Waals surface area contributed by atoms with Crippen LogP contribution in [0.25, 0.3) is 0 Å². The number of Topliss-reactive ketones (excluding diaryl/α,β-unsaturated/α-hetero) is 1. The number of carbonyl (C=O) groups excluding carboxylic acids is 1. The molecule has 0 fully saturated rings. The van der Waals surface area contributed by atoms with Crippen LogP contribution in [0.5, 0.6) is 11.5 Å². The van der Waals surface area contributed by atoms with E-state index in [0.29, 0.717) is 23.5 Å². The van der Waals surface area contributed by atoms with Gasteiger partial charge in [0.15, 0.2) is 17.3 Å². The van der Waals surface area contributed by atoms with Crippen LogP contribution in [0.3, 0.4) is 0 Å². The molecule has 0 bridgehead atoms. The quantitative estimate of drug-likeness (QED) is 0.725. The number of hydrogen-bond donors (Lipinski definition) is 0. The highest BCUT2D eigenvalue weighted by Gasteiger charge is 2.20. The van der Waals surface area contributed by atoms with E-state index in [4.69, 9.17) is 14.7 Å². The lowest BCUT2D eigenvalue weighted by atomic mass is 9.94. The van der Waals surface area contributed by atoms with Crippen molar-refractivity contribution in [1.29, 1.82) is 5.26 Å². The minimum absolute atomic E-state index is 0.166. The Morgan fingerprint density at radius 1 is 1.33 bits per heavy atom. The summed E-state index contributed by atoms with van der Waals surface area (Å²) in [6.45, 7) is 1.95. The topological polar surface area (TPSA) is 59.3 Å². The van der Waals surface area contributed by atoms with Crippen molar-refractivity contribution >= 4 is 5.78 Å². The zero-order chi connectivity index (χ0) is 13.5. The maximum atomic E-state index is 12.1. The first-order valence-corrected chi connectivity index (χ1v) is 5.83. The predicted molar refractivity (Wildman–Crippen MR) is 67.9 cm³/mol. The van der Waals surface area contributed by atoms with Gasteiger partial charge < -0.3 is 9.47 Å². The van der Waals surface area contributed by atoms with Gasteiger partial charge in [-0.3, -0.25) is 4.79 Å². The summed E-state index contributed by atoms with van der Waals surface area (Å²) in [7, 11) is 3.05. The van der Waals surface area contributed by atoms with Crippen LogP contribution in [0.1, 0.15) is 30.1 Å². The Balaban J connectivity index is 3.03. The molecule has 1 unspecified atom stereocenters. The van der Waals surface area contributed by atoms with Crippen LogP contribution in [-0.4, -0.2) is 20.0 Å². The van der Waals surface area contributed by atoms with E-state index < -0.39 is 5.92 Å². The summed E-state index contributed by atoms with van der Waals surface area (Å²) >= 11 is 0. The highest BCUT2D eigenvalue weighted by atomic mass is 16.5. The molecule has 4 heteroatoms. The molecule has 0 heterocycles. The number of benzene rings is 1. The average molecular weight is 247 g/mol. The normalized spacial score (nSPS) is 11.4. The third kappa shape index (κ3) is 3.01. The third-order valence-electron chi connectivity index (χ3n) is 2.72. The molecule has 1 atom stereocenters. The molecular formula is C14H17NO3. The molecule has 0 radical (unpaired) electrons. The molecule has 0 aliphatic heterocycles. The van der Waals surface area contributed by atoms with Crippen molar-refractivity contribution in [3.63, 3.8) is 0 Å². The molecule has 1 rings (SSSR count). The van der Waals surface area contributed by atoms with Gasteiger partial charge in [0.2, 0.25) is 0 Å². The van der Waals surface area contributed by atoms with Gasteiger partial charge in [0, 0.05) is 5.56 Å². The first-order valence-electron chi connectivity index (χ1n) is 5.83. The van der Waals surface area contributed by atoms with Gasteiger partial charge in [-0.15, -0.1) is 0 Å². The van der Waals surface area contributed by atoms with E-state index in [0.717, 1.165) is 6.42 Å². The maximum absolute atomic E-state index is 12.1. The van der Waals surface area contributed by atoms with Crippen LogP contribution in [0.2, 0.25) is 0 Å². The summed E-state index contributed by atoms with van der Waals surface area (Å²) in [5.41, 5.74) is 0.479. The number of nitrogens with zero attached hydrogens (tertiary/aromatic N) is 1. The summed E-state index contributed by atoms with van der Waals surface area (Å²) in [5.74, 6) is 0.308. The second-order valence-corrected chi connectivity index (χ2v) is 3.90. The Morgan fingerprint density at radius 2 is 2.00 bits per heavy atom. The Bertz CT molecular complexity index is 463. The lowest BCUT2D eigenvalue weighted by molar-refractivity contribution is 0.0943. The van der Waals surface area contributed by atoms with Gasteiger partial charge in [0.25, 0.3) is 0 Å². The summed E-state index contributed by atoms with van der Waals surface area (Å²) in [6.07, 6.45) is 1.38. The van der Waals surface area contributed by atoms with E-state index in [1.807, 2.05) is 13.0 Å². The fourth-order valence-electron chi connectivity index (χ4n) is 1.73. The smallest absolute Gasteiger partial charge is 0.180 e. The number of ether oxygens (including phenoxy) is 2. The minimum atomic E-state index is -0.590. The SMILES string of the molecule is CCCC(C#N)C(=O)c1ccc(OC)c(OC)c1. The molecule has 1 aromatic carbocycles. The number of ketones is 1. The summed E-state index contributed by atoms with van der Waals surface area (Å²) in [6, 6.07) is 6.99. The van der Waals surface area contributed by atoms with Gasteiger partial charge in [-0.2, -0.15) is 5.26 Å². The second-order valence-electron chi connectivity index (χ2n) is 3.90. The fraction of sp³-hybridized carbons (Fsp3) is 0.429. The van der Waals surface area contributed by atoms with Gasteiger partial charge in [-0.05, 0) is 24.6 Å². The van der Waals surface area contributed by atoms with E-state index in [1.54, 1.807) is 18.2 Å². The molecule has 18 heavy (non-hydrogen) atoms. The van der Waals surface area contributed by atoms with Crippen LogP contribution in [0.4, 0.5) is 0 Å². The highest BCUT2D eigenvalue weighted by Crippen LogP contribution is 2.28. The molecular weight excluding hydrogens is 230 g/mol. The fourth-order valence-corrected chi connectivity index (χ4v) is 1.73. The predicted octanol–water partition coefficient (Wildman–Crippen LogP) is 2.83. The number of hydrogen-bond acceptors (Lipinski definition) is 4. The first kappa shape index (κ1) is 14.0. The van der Waals surface area contributed by atoms with E-state index >= 15 is 0 Å². The van der Waals surface area contributed by atoms with Crippen LogP contribution in [0.15, 0.2) is 18.2 Å². The second kappa shape index (κ2) is 6.65. The van der Waals surface area contributed by atoms with Crippen molar-refractivity contribution in [2.24, 2.45) is 5.92 Å². The van der Waals surface area contributed by atoms with E-state index in [1.165, 1.54) is 14.2 Å². The Hall–Kier alpha value is -2.02. The largest absolute Gasteiger partial charge is 0.493 e. The lowest BCUT2D eigenvalue weighted by Gasteiger charge is -2.11. The van der Waals surface area contributed by atoms with Gasteiger partial charge >= 0.3 is 0 Å². The van der Waals surface area contributed by atoms with Crippen molar-refractivity contribution < 1.29 is 14.3 Å². The molecule has 1 aromatic rings. The van der Waals surface area contributed by atoms with Crippen molar-refractivity contribution in [3.05, 3.63) is 23.8 Å². The molecule has 0 amide bonds. The standard InChI is InChI=1S/C14H17NO3/c1-4-5-11(9-15)14(16)10-6-7-12(17-2)13(8-10)18-3/h6-8,11H,4-5H2,1-3H3. The Morgan fingerprint density at radius 3 is 2.50 bits per heavy atom. The molecule has 96 valence electrons. The Kier molecular flexibility index (Phi) is 5.19. The van der Waals surface area contributed by atoms with Crippen molar-refractivity contribution in [2.75, 3.05) is 14.2 Å². The molecule has 0 saturated heterocycles. The summed E-state index contributed by atoms with van der Waals surface area (Å²) in [4.78, 5) is 12.1. The first-order chi connectivity index (χ1) is 8.67. The van der Waals surface area contributed by atoms with Crippen molar-refractivity contribution in [2.45, 2.75) is 19.8 Å². The number of nitriles is 1. The molecule has 0 N–H and O–H groups in total. The lowest BCUT2D eigenvalue weighted by Crippen LogP contribution is -2.13. The number of carbonyl (C=O) groups is 1. The van der Waals surface area contributed by atoms with E-state index in [2.05, 4.69) is 0 Å². The van der Waals surface area contributed by atoms with Gasteiger partial charge in [0.05, 0.1) is 20.3 Å². The van der Waals surface area contributed by atoms with Crippen molar-refractivity contribution in [1.82, 2.24) is 0 Å². The monoisotopic (exact) mass is 247 g/mol. The molecule has 0 aliphatic carbocycles. The zero-order valence-electron chi connectivity index (χ0n) is 10.9. The number of rotatable bonds is 6. The zero-order valence-corrected chi connectivity index (χ0v) is 10.9. The van der Waals surface area contributed by atoms with E-state index in [-0.39, 0.29) is 5.78 Å². The van der Waals surface area contributed by atoms with Gasteiger partial charge in [-0.1, -0.05) is 13.3 Å². The number of methoxy groups -OCH3 is 2. The summed E-state index contributed by atoms with van der Waals surface area (Å²) in [5, 5.41) is 8.99.